The summed E-state index contributed by atoms with van der Waals surface area (Å²) in [5.74, 6) is -0.464. The van der Waals surface area contributed by atoms with Gasteiger partial charge in [0.2, 0.25) is 0 Å². The first-order valence-corrected chi connectivity index (χ1v) is 13.7. The van der Waals surface area contributed by atoms with Gasteiger partial charge in [-0.2, -0.15) is 0 Å². The Morgan fingerprint density at radius 1 is 0.944 bits per heavy atom. The molecule has 0 amide bonds. The van der Waals surface area contributed by atoms with E-state index < -0.39 is 9.84 Å². The molecular weight excluding hydrogens is 484 g/mol. The molecule has 0 aliphatic carbocycles. The Morgan fingerprint density at radius 3 is 2.22 bits per heavy atom. The Balaban J connectivity index is 1.91. The summed E-state index contributed by atoms with van der Waals surface area (Å²) in [6, 6.07) is 8.99. The highest BCUT2D eigenvalue weighted by molar-refractivity contribution is 7.91. The van der Waals surface area contributed by atoms with Crippen LogP contribution in [-0.4, -0.2) is 50.5 Å². The van der Waals surface area contributed by atoms with Crippen molar-refractivity contribution in [1.82, 2.24) is 0 Å². The standard InChI is InChI=1S/C27H34O8S/c1-4-8-23-25(16-15-22(19(2)28)27(23)31)35-17-7-18-36(32,33)21-13-11-20(12-14-21)24(29)9-5-6-10-26(30)34-3/h11-16,31H,4-10,17-18H2,1-3H3. The zero-order valence-corrected chi connectivity index (χ0v) is 21.9. The molecule has 196 valence electrons. The first-order chi connectivity index (χ1) is 17.1. The van der Waals surface area contributed by atoms with Crippen LogP contribution in [0.4, 0.5) is 0 Å². The van der Waals surface area contributed by atoms with E-state index in [1.165, 1.54) is 44.4 Å². The lowest BCUT2D eigenvalue weighted by atomic mass is 10.0. The monoisotopic (exact) mass is 518 g/mol. The van der Waals surface area contributed by atoms with E-state index >= 15 is 0 Å². The topological polar surface area (TPSA) is 124 Å². The number of ether oxygens (including phenoxy) is 2. The second-order valence-corrected chi connectivity index (χ2v) is 10.6. The maximum atomic E-state index is 12.7. The molecule has 1 N–H and O–H groups in total. The van der Waals surface area contributed by atoms with Gasteiger partial charge in [0.1, 0.15) is 11.5 Å². The molecule has 2 aromatic rings. The van der Waals surface area contributed by atoms with Crippen molar-refractivity contribution in [2.45, 2.75) is 63.7 Å². The summed E-state index contributed by atoms with van der Waals surface area (Å²) in [4.78, 5) is 35.2. The highest BCUT2D eigenvalue weighted by atomic mass is 32.2. The molecule has 0 bridgehead atoms. The summed E-state index contributed by atoms with van der Waals surface area (Å²) in [6.07, 6.45) is 3.11. The van der Waals surface area contributed by atoms with Gasteiger partial charge < -0.3 is 14.6 Å². The fourth-order valence-corrected chi connectivity index (χ4v) is 5.01. The minimum absolute atomic E-state index is 0.0902. The second kappa shape index (κ2) is 13.8. The molecular formula is C27H34O8S. The lowest BCUT2D eigenvalue weighted by Gasteiger charge is -2.14. The number of Topliss-reactive ketones (excluding diaryl/α,β-unsaturated/α-hetero) is 2. The number of carbonyl (C=O) groups is 3. The summed E-state index contributed by atoms with van der Waals surface area (Å²) in [5.41, 5.74) is 1.20. The highest BCUT2D eigenvalue weighted by Crippen LogP contribution is 2.33. The number of sulfone groups is 1. The largest absolute Gasteiger partial charge is 0.507 e. The quantitative estimate of drug-likeness (QED) is 0.204. The molecule has 8 nitrogen and oxygen atoms in total. The molecule has 0 aliphatic heterocycles. The van der Waals surface area contributed by atoms with Gasteiger partial charge in [-0.15, -0.1) is 0 Å². The second-order valence-electron chi connectivity index (χ2n) is 8.50. The number of carbonyl (C=O) groups excluding carboxylic acids is 3. The van der Waals surface area contributed by atoms with E-state index in [4.69, 9.17) is 4.74 Å². The molecule has 9 heteroatoms. The van der Waals surface area contributed by atoms with Gasteiger partial charge in [-0.05, 0) is 56.9 Å². The van der Waals surface area contributed by atoms with Gasteiger partial charge in [0.05, 0.1) is 29.9 Å². The smallest absolute Gasteiger partial charge is 0.305 e. The third-order valence-corrected chi connectivity index (χ3v) is 7.55. The average Bonchev–Trinajstić information content (AvgIpc) is 2.85. The van der Waals surface area contributed by atoms with Gasteiger partial charge in [0.15, 0.2) is 21.4 Å². The summed E-state index contributed by atoms with van der Waals surface area (Å²) in [5, 5.41) is 10.4. The number of esters is 1. The van der Waals surface area contributed by atoms with Crippen molar-refractivity contribution < 1.29 is 37.4 Å². The third kappa shape index (κ3) is 8.19. The Labute approximate surface area is 212 Å². The van der Waals surface area contributed by atoms with Crippen molar-refractivity contribution in [3.63, 3.8) is 0 Å². The molecule has 36 heavy (non-hydrogen) atoms. The number of unbranched alkanes of at least 4 members (excludes halogenated alkanes) is 1. The SMILES string of the molecule is CCCc1c(OCCCS(=O)(=O)c2ccc(C(=O)CCCCC(=O)OC)cc2)ccc(C(C)=O)c1O. The molecule has 2 aromatic carbocycles. The van der Waals surface area contributed by atoms with Crippen LogP contribution < -0.4 is 4.74 Å². The van der Waals surface area contributed by atoms with Crippen LogP contribution >= 0.6 is 0 Å². The van der Waals surface area contributed by atoms with E-state index in [0.717, 1.165) is 6.42 Å². The summed E-state index contributed by atoms with van der Waals surface area (Å²) < 4.78 is 35.7. The molecule has 0 fully saturated rings. The van der Waals surface area contributed by atoms with Crippen molar-refractivity contribution in [2.24, 2.45) is 0 Å². The molecule has 0 saturated heterocycles. The van der Waals surface area contributed by atoms with Crippen molar-refractivity contribution in [1.29, 1.82) is 0 Å². The van der Waals surface area contributed by atoms with Crippen LogP contribution in [0.5, 0.6) is 11.5 Å². The zero-order valence-electron chi connectivity index (χ0n) is 21.0. The first kappa shape index (κ1) is 29.0. The van der Waals surface area contributed by atoms with E-state index in [-0.39, 0.29) is 65.4 Å². The first-order valence-electron chi connectivity index (χ1n) is 12.0. The van der Waals surface area contributed by atoms with Crippen LogP contribution in [0.3, 0.4) is 0 Å². The van der Waals surface area contributed by atoms with Crippen LogP contribution in [0.2, 0.25) is 0 Å². The normalized spacial score (nSPS) is 11.2. The number of aromatic hydroxyl groups is 1. The van der Waals surface area contributed by atoms with Gasteiger partial charge in [-0.3, -0.25) is 14.4 Å². The predicted molar refractivity (Wildman–Crippen MR) is 136 cm³/mol. The van der Waals surface area contributed by atoms with E-state index in [2.05, 4.69) is 4.74 Å². The highest BCUT2D eigenvalue weighted by Gasteiger charge is 2.18. The van der Waals surface area contributed by atoms with Crippen LogP contribution in [0.15, 0.2) is 41.3 Å². The number of phenols is 1. The minimum Gasteiger partial charge on any atom is -0.507 e. The maximum Gasteiger partial charge on any atom is 0.305 e. The average molecular weight is 519 g/mol. The fourth-order valence-electron chi connectivity index (χ4n) is 3.73. The number of rotatable bonds is 15. The van der Waals surface area contributed by atoms with Crippen molar-refractivity contribution >= 4 is 27.4 Å². The Kier molecular flexibility index (Phi) is 11.1. The Hall–Kier alpha value is -3.20. The number of methoxy groups -OCH3 is 1. The third-order valence-electron chi connectivity index (χ3n) is 5.73. The maximum absolute atomic E-state index is 12.7. The zero-order chi connectivity index (χ0) is 26.7. The van der Waals surface area contributed by atoms with Gasteiger partial charge >= 0.3 is 5.97 Å². The van der Waals surface area contributed by atoms with Crippen molar-refractivity contribution in [3.05, 3.63) is 53.1 Å². The van der Waals surface area contributed by atoms with Crippen LogP contribution in [-0.2, 0) is 25.8 Å². The number of hydrogen-bond acceptors (Lipinski definition) is 8. The van der Waals surface area contributed by atoms with E-state index in [9.17, 15) is 27.9 Å². The Bertz CT molecular complexity index is 1170. The molecule has 0 heterocycles. The van der Waals surface area contributed by atoms with Crippen LogP contribution in [0, 0.1) is 0 Å². The van der Waals surface area contributed by atoms with Gasteiger partial charge in [0, 0.05) is 24.0 Å². The van der Waals surface area contributed by atoms with E-state index in [1.807, 2.05) is 6.92 Å². The molecule has 2 rings (SSSR count). The molecule has 0 atom stereocenters. The summed E-state index contributed by atoms with van der Waals surface area (Å²) >= 11 is 0. The molecule has 0 unspecified atom stereocenters. The molecule has 0 spiro atoms. The number of phenolic OH excluding ortho intramolecular Hbond substituents is 1. The number of ketones is 2. The minimum atomic E-state index is -3.57. The summed E-state index contributed by atoms with van der Waals surface area (Å²) in [6.45, 7) is 3.45. The molecule has 0 saturated carbocycles. The lowest BCUT2D eigenvalue weighted by Crippen LogP contribution is -2.11. The molecule has 0 aliphatic rings. The van der Waals surface area contributed by atoms with Gasteiger partial charge in [0.25, 0.3) is 0 Å². The van der Waals surface area contributed by atoms with E-state index in [0.29, 0.717) is 36.1 Å². The van der Waals surface area contributed by atoms with Gasteiger partial charge in [-0.1, -0.05) is 25.5 Å². The van der Waals surface area contributed by atoms with Gasteiger partial charge in [-0.25, -0.2) is 8.42 Å². The fraction of sp³-hybridized carbons (Fsp3) is 0.444. The lowest BCUT2D eigenvalue weighted by molar-refractivity contribution is -0.140. The van der Waals surface area contributed by atoms with Crippen LogP contribution in [0.25, 0.3) is 0 Å². The van der Waals surface area contributed by atoms with Crippen molar-refractivity contribution in [2.75, 3.05) is 19.5 Å². The summed E-state index contributed by atoms with van der Waals surface area (Å²) in [7, 11) is -2.25. The number of hydrogen-bond donors (Lipinski definition) is 1. The van der Waals surface area contributed by atoms with Crippen LogP contribution in [0.1, 0.15) is 78.7 Å². The molecule has 0 radical (unpaired) electrons. The molecule has 0 aromatic heterocycles. The van der Waals surface area contributed by atoms with Crippen molar-refractivity contribution in [3.8, 4) is 11.5 Å². The predicted octanol–water partition coefficient (Wildman–Crippen LogP) is 4.71. The Morgan fingerprint density at radius 2 is 1.61 bits per heavy atom. The number of benzene rings is 2. The van der Waals surface area contributed by atoms with E-state index in [1.54, 1.807) is 6.07 Å².